The number of sulfonamides is 1. The molecule has 0 saturated carbocycles. The predicted molar refractivity (Wildman–Crippen MR) is 73.5 cm³/mol. The molecule has 0 aliphatic carbocycles. The van der Waals surface area contributed by atoms with Crippen LogP contribution in [0.2, 0.25) is 0 Å². The summed E-state index contributed by atoms with van der Waals surface area (Å²) < 4.78 is 24.0. The van der Waals surface area contributed by atoms with Gasteiger partial charge in [-0.05, 0) is 24.3 Å². The minimum Gasteiger partial charge on any atom is -0.361 e. The summed E-state index contributed by atoms with van der Waals surface area (Å²) >= 11 is 0. The fraction of sp³-hybridized carbons (Fsp3) is 0.250. The van der Waals surface area contributed by atoms with E-state index in [1.807, 2.05) is 18.3 Å². The quantitative estimate of drug-likeness (QED) is 0.695. The number of carbonyl (C=O) groups excluding carboxylic acids is 1. The van der Waals surface area contributed by atoms with Crippen LogP contribution in [0.25, 0.3) is 10.9 Å². The average molecular weight is 281 g/mol. The molecule has 0 bridgehead atoms. The molecule has 2 rings (SSSR count). The summed E-state index contributed by atoms with van der Waals surface area (Å²) in [7, 11) is -3.21. The van der Waals surface area contributed by atoms with Crippen molar-refractivity contribution in [3.05, 3.63) is 36.0 Å². The Bertz CT molecular complexity index is 691. The first-order chi connectivity index (χ1) is 8.96. The molecule has 0 aliphatic rings. The number of rotatable bonds is 5. The molecule has 7 heteroatoms. The third-order valence-corrected chi connectivity index (χ3v) is 3.32. The van der Waals surface area contributed by atoms with Crippen molar-refractivity contribution in [3.8, 4) is 0 Å². The van der Waals surface area contributed by atoms with Crippen LogP contribution in [-0.4, -0.2) is 38.7 Å². The van der Waals surface area contributed by atoms with Crippen LogP contribution in [0.3, 0.4) is 0 Å². The number of hydrogen-bond acceptors (Lipinski definition) is 3. The monoisotopic (exact) mass is 281 g/mol. The second-order valence-corrected chi connectivity index (χ2v) is 6.04. The number of amides is 1. The smallest absolute Gasteiger partial charge is 0.251 e. The van der Waals surface area contributed by atoms with Crippen LogP contribution in [0.4, 0.5) is 0 Å². The number of benzene rings is 1. The molecular weight excluding hydrogens is 266 g/mol. The third kappa shape index (κ3) is 3.80. The van der Waals surface area contributed by atoms with Crippen LogP contribution in [0, 0.1) is 0 Å². The Morgan fingerprint density at radius 2 is 2.05 bits per heavy atom. The van der Waals surface area contributed by atoms with Gasteiger partial charge in [0.1, 0.15) is 0 Å². The number of aromatic amines is 1. The summed E-state index contributed by atoms with van der Waals surface area (Å²) in [5, 5.41) is 3.61. The van der Waals surface area contributed by atoms with E-state index in [2.05, 4.69) is 15.0 Å². The minimum atomic E-state index is -3.21. The predicted octanol–water partition coefficient (Wildman–Crippen LogP) is 0.447. The molecule has 0 atom stereocenters. The first-order valence-electron chi connectivity index (χ1n) is 5.76. The zero-order valence-corrected chi connectivity index (χ0v) is 11.3. The van der Waals surface area contributed by atoms with Gasteiger partial charge in [-0.3, -0.25) is 4.79 Å². The van der Waals surface area contributed by atoms with E-state index in [4.69, 9.17) is 0 Å². The van der Waals surface area contributed by atoms with Gasteiger partial charge >= 0.3 is 0 Å². The zero-order valence-electron chi connectivity index (χ0n) is 10.4. The van der Waals surface area contributed by atoms with Gasteiger partial charge in [0.15, 0.2) is 0 Å². The van der Waals surface area contributed by atoms with E-state index < -0.39 is 10.0 Å². The van der Waals surface area contributed by atoms with Crippen molar-refractivity contribution in [1.82, 2.24) is 15.0 Å². The Labute approximate surface area is 111 Å². The van der Waals surface area contributed by atoms with Crippen molar-refractivity contribution in [3.63, 3.8) is 0 Å². The van der Waals surface area contributed by atoms with Crippen LogP contribution >= 0.6 is 0 Å². The second-order valence-electron chi connectivity index (χ2n) is 4.20. The number of fused-ring (bicyclic) bond motifs is 1. The third-order valence-electron chi connectivity index (χ3n) is 2.59. The highest BCUT2D eigenvalue weighted by Gasteiger charge is 2.06. The van der Waals surface area contributed by atoms with Crippen LogP contribution in [0.1, 0.15) is 10.4 Å². The molecule has 6 nitrogen and oxygen atoms in total. The fourth-order valence-electron chi connectivity index (χ4n) is 1.71. The number of carbonyl (C=O) groups is 1. The number of hydrogen-bond donors (Lipinski definition) is 3. The molecule has 1 aromatic heterocycles. The number of nitrogens with one attached hydrogen (secondary N) is 3. The summed E-state index contributed by atoms with van der Waals surface area (Å²) in [4.78, 5) is 14.9. The van der Waals surface area contributed by atoms with Crippen LogP contribution in [0.15, 0.2) is 30.5 Å². The van der Waals surface area contributed by atoms with E-state index in [0.717, 1.165) is 17.2 Å². The van der Waals surface area contributed by atoms with Crippen LogP contribution in [0.5, 0.6) is 0 Å². The summed E-state index contributed by atoms with van der Waals surface area (Å²) in [5.41, 5.74) is 1.52. The maximum Gasteiger partial charge on any atom is 0.251 e. The van der Waals surface area contributed by atoms with Crippen molar-refractivity contribution in [2.45, 2.75) is 0 Å². The van der Waals surface area contributed by atoms with Crippen LogP contribution < -0.4 is 10.0 Å². The first kappa shape index (κ1) is 13.6. The molecule has 0 unspecified atom stereocenters. The maximum absolute atomic E-state index is 11.8. The maximum atomic E-state index is 11.8. The van der Waals surface area contributed by atoms with Gasteiger partial charge in [0.2, 0.25) is 10.0 Å². The molecule has 2 aromatic rings. The van der Waals surface area contributed by atoms with Crippen molar-refractivity contribution < 1.29 is 13.2 Å². The van der Waals surface area contributed by atoms with E-state index in [-0.39, 0.29) is 19.0 Å². The van der Waals surface area contributed by atoms with Crippen molar-refractivity contribution in [2.24, 2.45) is 0 Å². The number of H-pyrrole nitrogens is 1. The van der Waals surface area contributed by atoms with Gasteiger partial charge in [-0.1, -0.05) is 0 Å². The Hall–Kier alpha value is -1.86. The highest BCUT2D eigenvalue weighted by atomic mass is 32.2. The van der Waals surface area contributed by atoms with Crippen molar-refractivity contribution in [2.75, 3.05) is 19.3 Å². The van der Waals surface area contributed by atoms with Gasteiger partial charge in [0, 0.05) is 35.8 Å². The summed E-state index contributed by atoms with van der Waals surface area (Å²) in [6, 6.07) is 7.22. The molecule has 1 heterocycles. The SMILES string of the molecule is CS(=O)(=O)NCCNC(=O)c1ccc2[nH]ccc2c1. The van der Waals surface area contributed by atoms with Gasteiger partial charge in [-0.25, -0.2) is 13.1 Å². The van der Waals surface area contributed by atoms with E-state index in [1.54, 1.807) is 12.1 Å². The van der Waals surface area contributed by atoms with E-state index in [1.165, 1.54) is 0 Å². The van der Waals surface area contributed by atoms with Gasteiger partial charge < -0.3 is 10.3 Å². The normalized spacial score (nSPS) is 11.6. The summed E-state index contributed by atoms with van der Waals surface area (Å²) in [6.45, 7) is 0.425. The first-order valence-corrected chi connectivity index (χ1v) is 7.65. The largest absolute Gasteiger partial charge is 0.361 e. The van der Waals surface area contributed by atoms with Crippen molar-refractivity contribution >= 4 is 26.8 Å². The molecule has 0 aliphatic heterocycles. The lowest BCUT2D eigenvalue weighted by atomic mass is 10.1. The molecule has 0 fully saturated rings. The fourth-order valence-corrected chi connectivity index (χ4v) is 2.18. The van der Waals surface area contributed by atoms with E-state index >= 15 is 0 Å². The number of aromatic nitrogens is 1. The average Bonchev–Trinajstić information content (AvgIpc) is 2.80. The molecule has 102 valence electrons. The van der Waals surface area contributed by atoms with E-state index in [9.17, 15) is 13.2 Å². The highest BCUT2D eigenvalue weighted by molar-refractivity contribution is 7.88. The van der Waals surface area contributed by atoms with Crippen LogP contribution in [-0.2, 0) is 10.0 Å². The molecule has 0 radical (unpaired) electrons. The summed E-state index contributed by atoms with van der Waals surface area (Å²) in [5.74, 6) is -0.224. The summed E-state index contributed by atoms with van der Waals surface area (Å²) in [6.07, 6.45) is 2.89. The Kier molecular flexibility index (Phi) is 3.87. The molecule has 0 saturated heterocycles. The Morgan fingerprint density at radius 3 is 2.79 bits per heavy atom. The molecule has 1 amide bonds. The lowest BCUT2D eigenvalue weighted by Crippen LogP contribution is -2.34. The second kappa shape index (κ2) is 5.41. The molecule has 0 spiro atoms. The zero-order chi connectivity index (χ0) is 13.9. The molecular formula is C12H15N3O3S. The highest BCUT2D eigenvalue weighted by Crippen LogP contribution is 2.13. The lowest BCUT2D eigenvalue weighted by molar-refractivity contribution is 0.0954. The molecule has 1 aromatic carbocycles. The van der Waals surface area contributed by atoms with Gasteiger partial charge in [0.25, 0.3) is 5.91 Å². The van der Waals surface area contributed by atoms with Gasteiger partial charge in [-0.15, -0.1) is 0 Å². The molecule has 3 N–H and O–H groups in total. The van der Waals surface area contributed by atoms with E-state index in [0.29, 0.717) is 5.56 Å². The van der Waals surface area contributed by atoms with Crippen molar-refractivity contribution in [1.29, 1.82) is 0 Å². The minimum absolute atomic E-state index is 0.178. The Balaban J connectivity index is 1.92. The molecule has 19 heavy (non-hydrogen) atoms. The van der Waals surface area contributed by atoms with Gasteiger partial charge in [-0.2, -0.15) is 0 Å². The van der Waals surface area contributed by atoms with Gasteiger partial charge in [0.05, 0.1) is 6.26 Å². The topological polar surface area (TPSA) is 91.1 Å². The Morgan fingerprint density at radius 1 is 1.26 bits per heavy atom. The standard InChI is InChI=1S/C12H15N3O3S/c1-19(17,18)15-7-6-14-12(16)10-2-3-11-9(8-10)4-5-13-11/h2-5,8,13,15H,6-7H2,1H3,(H,14,16). The lowest BCUT2D eigenvalue weighted by Gasteiger charge is -2.05.